The number of rotatable bonds is 5. The number of halogens is 1. The van der Waals surface area contributed by atoms with E-state index in [9.17, 15) is 9.59 Å². The average molecular weight is 329 g/mol. The Kier molecular flexibility index (Phi) is 4.63. The standard InChI is InChI=1S/C18H17ClN2O2/c19-15-3-1-2-13(9-15)10-17(22)20-7-6-12-4-5-16-14(8-12)11-18(23)21-16/h1-5,8-9H,6-7,10-11H2,(H,20,22)(H,21,23). The Bertz CT molecular complexity index is 758. The number of hydrogen-bond acceptors (Lipinski definition) is 2. The topological polar surface area (TPSA) is 58.2 Å². The molecule has 23 heavy (non-hydrogen) atoms. The van der Waals surface area contributed by atoms with Crippen LogP contribution in [0.3, 0.4) is 0 Å². The van der Waals surface area contributed by atoms with Crippen molar-refractivity contribution < 1.29 is 9.59 Å². The summed E-state index contributed by atoms with van der Waals surface area (Å²) in [5.74, 6) is 0.0113. The summed E-state index contributed by atoms with van der Waals surface area (Å²) in [4.78, 5) is 23.3. The molecule has 0 aliphatic carbocycles. The van der Waals surface area contributed by atoms with Crippen molar-refractivity contribution in [1.82, 2.24) is 5.32 Å². The predicted molar refractivity (Wildman–Crippen MR) is 90.6 cm³/mol. The highest BCUT2D eigenvalue weighted by molar-refractivity contribution is 6.30. The first-order chi connectivity index (χ1) is 11.1. The third-order valence-corrected chi connectivity index (χ3v) is 4.02. The summed E-state index contributed by atoms with van der Waals surface area (Å²) >= 11 is 5.91. The molecule has 0 bridgehead atoms. The molecule has 1 aliphatic rings. The molecule has 0 unspecified atom stereocenters. The van der Waals surface area contributed by atoms with Crippen molar-refractivity contribution in [3.05, 3.63) is 64.2 Å². The summed E-state index contributed by atoms with van der Waals surface area (Å²) in [5.41, 5.74) is 3.93. The summed E-state index contributed by atoms with van der Waals surface area (Å²) < 4.78 is 0. The molecule has 118 valence electrons. The maximum Gasteiger partial charge on any atom is 0.228 e. The second-order valence-electron chi connectivity index (χ2n) is 5.62. The van der Waals surface area contributed by atoms with Crippen LogP contribution in [-0.2, 0) is 28.9 Å². The molecule has 1 heterocycles. The minimum Gasteiger partial charge on any atom is -0.355 e. The van der Waals surface area contributed by atoms with Crippen LogP contribution in [-0.4, -0.2) is 18.4 Å². The van der Waals surface area contributed by atoms with Gasteiger partial charge >= 0.3 is 0 Å². The summed E-state index contributed by atoms with van der Waals surface area (Å²) in [6.45, 7) is 0.569. The number of fused-ring (bicyclic) bond motifs is 1. The van der Waals surface area contributed by atoms with Gasteiger partial charge in [-0.1, -0.05) is 35.9 Å². The number of nitrogens with one attached hydrogen (secondary N) is 2. The smallest absolute Gasteiger partial charge is 0.228 e. The highest BCUT2D eigenvalue weighted by atomic mass is 35.5. The Morgan fingerprint density at radius 1 is 1.17 bits per heavy atom. The quantitative estimate of drug-likeness (QED) is 0.886. The van der Waals surface area contributed by atoms with Crippen LogP contribution in [0.25, 0.3) is 0 Å². The molecular weight excluding hydrogens is 312 g/mol. The van der Waals surface area contributed by atoms with E-state index < -0.39 is 0 Å². The number of carbonyl (C=O) groups is 2. The maximum atomic E-state index is 11.9. The van der Waals surface area contributed by atoms with E-state index in [0.717, 1.165) is 28.8 Å². The van der Waals surface area contributed by atoms with Gasteiger partial charge in [-0.05, 0) is 41.3 Å². The van der Waals surface area contributed by atoms with E-state index in [2.05, 4.69) is 10.6 Å². The van der Waals surface area contributed by atoms with Crippen LogP contribution in [0.5, 0.6) is 0 Å². The Morgan fingerprint density at radius 3 is 2.87 bits per heavy atom. The lowest BCUT2D eigenvalue weighted by molar-refractivity contribution is -0.120. The Hall–Kier alpha value is -2.33. The second-order valence-corrected chi connectivity index (χ2v) is 6.06. The second kappa shape index (κ2) is 6.84. The largest absolute Gasteiger partial charge is 0.355 e. The Morgan fingerprint density at radius 2 is 2.04 bits per heavy atom. The van der Waals surface area contributed by atoms with Crippen molar-refractivity contribution in [1.29, 1.82) is 0 Å². The molecule has 0 saturated carbocycles. The zero-order valence-corrected chi connectivity index (χ0v) is 13.3. The van der Waals surface area contributed by atoms with Gasteiger partial charge in [0.2, 0.25) is 11.8 Å². The molecular formula is C18H17ClN2O2. The molecule has 4 nitrogen and oxygen atoms in total. The molecule has 0 atom stereocenters. The molecule has 2 aromatic rings. The van der Waals surface area contributed by atoms with Crippen LogP contribution in [0, 0.1) is 0 Å². The molecule has 1 aliphatic heterocycles. The molecule has 0 radical (unpaired) electrons. The first kappa shape index (κ1) is 15.6. The van der Waals surface area contributed by atoms with E-state index in [1.807, 2.05) is 30.3 Å². The van der Waals surface area contributed by atoms with Crippen molar-refractivity contribution in [3.8, 4) is 0 Å². The normalized spacial score (nSPS) is 12.7. The van der Waals surface area contributed by atoms with E-state index in [1.165, 1.54) is 0 Å². The molecule has 0 saturated heterocycles. The van der Waals surface area contributed by atoms with Crippen molar-refractivity contribution in [2.75, 3.05) is 11.9 Å². The van der Waals surface area contributed by atoms with Crippen molar-refractivity contribution in [3.63, 3.8) is 0 Å². The maximum absolute atomic E-state index is 11.9. The van der Waals surface area contributed by atoms with Crippen molar-refractivity contribution in [2.45, 2.75) is 19.3 Å². The fraction of sp³-hybridized carbons (Fsp3) is 0.222. The molecule has 3 rings (SSSR count). The summed E-state index contributed by atoms with van der Waals surface area (Å²) in [6.07, 6.45) is 1.50. The first-order valence-electron chi connectivity index (χ1n) is 7.53. The minimum absolute atomic E-state index is 0.0229. The molecule has 0 fully saturated rings. The molecule has 2 N–H and O–H groups in total. The Labute approximate surface area is 139 Å². The van der Waals surface area contributed by atoms with E-state index in [4.69, 9.17) is 11.6 Å². The summed E-state index contributed by atoms with van der Waals surface area (Å²) in [6, 6.07) is 13.2. The van der Waals surface area contributed by atoms with Crippen molar-refractivity contribution in [2.24, 2.45) is 0 Å². The van der Waals surface area contributed by atoms with Crippen LogP contribution in [0.15, 0.2) is 42.5 Å². The van der Waals surface area contributed by atoms with E-state index in [0.29, 0.717) is 24.4 Å². The van der Waals surface area contributed by atoms with E-state index >= 15 is 0 Å². The lowest BCUT2D eigenvalue weighted by Crippen LogP contribution is -2.27. The van der Waals surface area contributed by atoms with Gasteiger partial charge in [-0.2, -0.15) is 0 Å². The zero-order valence-electron chi connectivity index (χ0n) is 12.6. The Balaban J connectivity index is 1.49. The van der Waals surface area contributed by atoms with Crippen LogP contribution in [0.2, 0.25) is 5.02 Å². The van der Waals surface area contributed by atoms with Crippen LogP contribution >= 0.6 is 11.6 Å². The molecule has 0 aromatic heterocycles. The monoisotopic (exact) mass is 328 g/mol. The fourth-order valence-corrected chi connectivity index (χ4v) is 2.89. The highest BCUT2D eigenvalue weighted by Crippen LogP contribution is 2.23. The van der Waals surface area contributed by atoms with Crippen LogP contribution < -0.4 is 10.6 Å². The fourth-order valence-electron chi connectivity index (χ4n) is 2.68. The number of anilines is 1. The number of benzene rings is 2. The number of amides is 2. The zero-order chi connectivity index (χ0) is 16.2. The van der Waals surface area contributed by atoms with Crippen molar-refractivity contribution >= 4 is 29.1 Å². The first-order valence-corrected chi connectivity index (χ1v) is 7.91. The highest BCUT2D eigenvalue weighted by Gasteiger charge is 2.17. The van der Waals surface area contributed by atoms with E-state index in [1.54, 1.807) is 12.1 Å². The lowest BCUT2D eigenvalue weighted by Gasteiger charge is -2.07. The SMILES string of the molecule is O=C(Cc1cccc(Cl)c1)NCCc1ccc2c(c1)CC(=O)N2. The van der Waals surface area contributed by atoms with Gasteiger partial charge in [-0.25, -0.2) is 0 Å². The van der Waals surface area contributed by atoms with Gasteiger partial charge < -0.3 is 10.6 Å². The average Bonchev–Trinajstić information content (AvgIpc) is 2.86. The van der Waals surface area contributed by atoms with E-state index in [-0.39, 0.29) is 11.8 Å². The van der Waals surface area contributed by atoms with Crippen LogP contribution in [0.4, 0.5) is 5.69 Å². The van der Waals surface area contributed by atoms with Gasteiger partial charge in [-0.15, -0.1) is 0 Å². The number of hydrogen-bond donors (Lipinski definition) is 2. The third-order valence-electron chi connectivity index (χ3n) is 3.78. The predicted octanol–water partition coefficient (Wildman–Crippen LogP) is 2.74. The lowest BCUT2D eigenvalue weighted by atomic mass is 10.1. The van der Waals surface area contributed by atoms with Gasteiger partial charge in [0.05, 0.1) is 12.8 Å². The van der Waals surface area contributed by atoms with Crippen LogP contribution in [0.1, 0.15) is 16.7 Å². The summed E-state index contributed by atoms with van der Waals surface area (Å²) in [7, 11) is 0. The van der Waals surface area contributed by atoms with Gasteiger partial charge in [0.25, 0.3) is 0 Å². The van der Waals surface area contributed by atoms with Gasteiger partial charge in [0.15, 0.2) is 0 Å². The molecule has 5 heteroatoms. The van der Waals surface area contributed by atoms with Gasteiger partial charge in [0.1, 0.15) is 0 Å². The molecule has 2 aromatic carbocycles. The molecule has 0 spiro atoms. The number of carbonyl (C=O) groups excluding carboxylic acids is 2. The molecule has 2 amide bonds. The minimum atomic E-state index is -0.0229. The van der Waals surface area contributed by atoms with Gasteiger partial charge in [-0.3, -0.25) is 9.59 Å². The van der Waals surface area contributed by atoms with Gasteiger partial charge in [0, 0.05) is 17.3 Å². The third kappa shape index (κ3) is 4.11. The summed E-state index contributed by atoms with van der Waals surface area (Å²) in [5, 5.41) is 6.36.